The van der Waals surface area contributed by atoms with Crippen molar-refractivity contribution in [1.82, 2.24) is 14.5 Å². The number of hydrogen-bond donors (Lipinski definition) is 0. The fraction of sp³-hybridized carbons (Fsp3) is 0.149. The summed E-state index contributed by atoms with van der Waals surface area (Å²) >= 11 is 0. The van der Waals surface area contributed by atoms with E-state index < -0.39 is 23.4 Å². The van der Waals surface area contributed by atoms with E-state index in [0.29, 0.717) is 0 Å². The van der Waals surface area contributed by atoms with Gasteiger partial charge in [0.05, 0.1) is 26.5 Å². The minimum absolute atomic E-state index is 0. The number of nitrogens with zero attached hydrogens (tertiary/aromatic N) is 5. The van der Waals surface area contributed by atoms with Crippen LogP contribution in [0.5, 0.6) is 0 Å². The average molecular weight is 934 g/mol. The van der Waals surface area contributed by atoms with Gasteiger partial charge in [0, 0.05) is 60.7 Å². The topological polar surface area (TPSA) is 36.5 Å². The molecule has 13 heteroatoms. The second kappa shape index (κ2) is 25.5. The summed E-state index contributed by atoms with van der Waals surface area (Å²) in [6.45, 7) is 7.66. The van der Waals surface area contributed by atoms with Crippen molar-refractivity contribution < 1.29 is 41.1 Å². The maximum absolute atomic E-state index is 9.75. The van der Waals surface area contributed by atoms with Crippen molar-refractivity contribution >= 4 is 50.5 Å². The van der Waals surface area contributed by atoms with Crippen LogP contribution in [0.1, 0.15) is 6.92 Å². The molecule has 1 saturated heterocycles. The Labute approximate surface area is 367 Å². The number of hydrogen-bond acceptors (Lipinski definition) is 4. The van der Waals surface area contributed by atoms with Gasteiger partial charge in [0.2, 0.25) is 0 Å². The smallest absolute Gasteiger partial charge is 0.418 e. The zero-order chi connectivity index (χ0) is 41.7. The summed E-state index contributed by atoms with van der Waals surface area (Å²) in [5.74, 6) is 2.52. The average Bonchev–Trinajstić information content (AvgIpc) is 3.81. The molecule has 5 nitrogen and oxygen atoms in total. The molecule has 0 unspecified atom stereocenters. The first-order valence-corrected chi connectivity index (χ1v) is 21.9. The van der Waals surface area contributed by atoms with Gasteiger partial charge in [-0.15, -0.1) is 0 Å². The zero-order valence-corrected chi connectivity index (χ0v) is 36.7. The van der Waals surface area contributed by atoms with Gasteiger partial charge in [-0.1, -0.05) is 200 Å². The van der Waals surface area contributed by atoms with Crippen molar-refractivity contribution in [2.45, 2.75) is 6.92 Å². The van der Waals surface area contributed by atoms with E-state index in [-0.39, 0.29) is 19.5 Å². The Balaban J connectivity index is 0.000000312. The second-order valence-electron chi connectivity index (χ2n) is 13.0. The number of halogens is 4. The van der Waals surface area contributed by atoms with E-state index in [4.69, 9.17) is 5.26 Å². The normalized spacial score (nSPS) is 13.8. The fourth-order valence-corrected chi connectivity index (χ4v) is 11.4. The number of nitriles is 1. The molecule has 3 heterocycles. The molecule has 1 radical (unpaired) electrons. The molecule has 6 aromatic carbocycles. The van der Waals surface area contributed by atoms with E-state index in [1.54, 1.807) is 6.07 Å². The van der Waals surface area contributed by atoms with Crippen molar-refractivity contribution in [3.63, 3.8) is 0 Å². The van der Waals surface area contributed by atoms with Crippen LogP contribution in [0, 0.1) is 17.4 Å². The monoisotopic (exact) mass is 933 g/mol. The molecule has 0 saturated carbocycles. The van der Waals surface area contributed by atoms with Gasteiger partial charge in [0.1, 0.15) is 19.6 Å². The van der Waals surface area contributed by atoms with Gasteiger partial charge < -0.3 is 32.9 Å². The molecule has 0 spiro atoms. The summed E-state index contributed by atoms with van der Waals surface area (Å²) in [4.78, 5) is 5.13. The summed E-state index contributed by atoms with van der Waals surface area (Å²) in [6, 6.07) is 70.0. The third kappa shape index (κ3) is 14.9. The Morgan fingerprint density at radius 2 is 0.817 bits per heavy atom. The van der Waals surface area contributed by atoms with E-state index >= 15 is 0 Å². The van der Waals surface area contributed by atoms with Gasteiger partial charge in [-0.3, -0.25) is 9.25 Å². The van der Waals surface area contributed by atoms with Crippen molar-refractivity contribution in [1.29, 1.82) is 5.26 Å². The molecule has 0 bridgehead atoms. The molecule has 1 fully saturated rings. The molecule has 60 heavy (non-hydrogen) atoms. The summed E-state index contributed by atoms with van der Waals surface area (Å²) in [5, 5.41) is 12.9. The molecular weight excluding hydrogens is 886 g/mol. The van der Waals surface area contributed by atoms with Crippen LogP contribution in [-0.4, -0.2) is 71.2 Å². The minimum atomic E-state index is -6.00. The van der Waals surface area contributed by atoms with Gasteiger partial charge in [-0.25, -0.2) is 0 Å². The van der Waals surface area contributed by atoms with E-state index in [0.717, 1.165) is 39.3 Å². The van der Waals surface area contributed by atoms with Crippen LogP contribution in [0.3, 0.4) is 0 Å². The number of benzene rings is 6. The maximum Gasteiger partial charge on any atom is 0.673 e. The van der Waals surface area contributed by atoms with Crippen LogP contribution in [0.2, 0.25) is 0 Å². The van der Waals surface area contributed by atoms with Crippen molar-refractivity contribution in [3.8, 4) is 6.07 Å². The Morgan fingerprint density at radius 1 is 0.517 bits per heavy atom. The molecule has 3 aliphatic rings. The van der Waals surface area contributed by atoms with E-state index in [1.165, 1.54) is 39.8 Å². The van der Waals surface area contributed by atoms with Gasteiger partial charge in [-0.2, -0.15) is 5.26 Å². The SMILES string of the molecule is CC#N.F[B-](F)(F)F.[C-]1=C2N(CCN3CC[N+](P(c4ccccc4)c4ccccc4)=C13)CCN2P(c1ccccc1)c1ccccc1.[Rh].c1ccccc1.c1ccccc1. The third-order valence-electron chi connectivity index (χ3n) is 8.93. The summed E-state index contributed by atoms with van der Waals surface area (Å²) in [6.07, 6.45) is 4.05. The van der Waals surface area contributed by atoms with E-state index in [1.807, 2.05) is 72.8 Å². The fourth-order valence-electron chi connectivity index (χ4n) is 6.54. The van der Waals surface area contributed by atoms with Crippen LogP contribution >= 0.6 is 16.1 Å². The van der Waals surface area contributed by atoms with Crippen LogP contribution in [-0.2, 0) is 19.5 Å². The minimum Gasteiger partial charge on any atom is -0.418 e. The van der Waals surface area contributed by atoms with Crippen LogP contribution in [0.15, 0.2) is 200 Å². The number of amidine groups is 1. The standard InChI is InChI=1S/C33H32N4P2.2C6H6.C2H3N.BF4.Rh/c1-5-13-28(14-6-1)38(29-15-7-2-8-16-29)36-25-23-34-21-22-35-24-26-37(33(35)27-32(34)36)39(30-17-9-3-10-18-30)31-19-11-4-12-20-31;2*1-2-4-6-5-3-1;1-2-3;2-1(3,4)5;/h1-20H,21-26H2;2*1-6H;1H3;;/q;;;;-1;. The molecule has 9 rings (SSSR count). The Morgan fingerprint density at radius 3 is 1.18 bits per heavy atom. The molecule has 0 N–H and O–H groups in total. The Kier molecular flexibility index (Phi) is 20.2. The van der Waals surface area contributed by atoms with Crippen molar-refractivity contribution in [2.24, 2.45) is 0 Å². The molecule has 3 aliphatic heterocycles. The third-order valence-corrected chi connectivity index (χ3v) is 13.8. The number of fused-ring (bicyclic) bond motifs is 2. The van der Waals surface area contributed by atoms with Crippen LogP contribution in [0.25, 0.3) is 0 Å². The van der Waals surface area contributed by atoms with Crippen molar-refractivity contribution in [2.75, 3.05) is 39.3 Å². The van der Waals surface area contributed by atoms with Gasteiger partial charge >= 0.3 is 7.25 Å². The molecule has 0 amide bonds. The predicted octanol–water partition coefficient (Wildman–Crippen LogP) is 9.29. The zero-order valence-electron chi connectivity index (χ0n) is 33.3. The summed E-state index contributed by atoms with van der Waals surface area (Å²) < 4.78 is 44.3. The molecule has 6 aromatic rings. The molecular formula is C47H47BF4N5P2Rh-. The first kappa shape index (κ1) is 47.6. The van der Waals surface area contributed by atoms with E-state index in [2.05, 4.69) is 146 Å². The summed E-state index contributed by atoms with van der Waals surface area (Å²) in [5.41, 5.74) is 0. The van der Waals surface area contributed by atoms with Crippen LogP contribution in [0.4, 0.5) is 17.3 Å². The molecule has 0 aliphatic carbocycles. The summed E-state index contributed by atoms with van der Waals surface area (Å²) in [7, 11) is -7.39. The largest absolute Gasteiger partial charge is 0.673 e. The van der Waals surface area contributed by atoms with Crippen LogP contribution < -0.4 is 21.2 Å². The van der Waals surface area contributed by atoms with Gasteiger partial charge in [0.25, 0.3) is 0 Å². The second-order valence-corrected chi connectivity index (χ2v) is 17.3. The Hall–Kier alpha value is -5.11. The first-order valence-electron chi connectivity index (χ1n) is 19.3. The van der Waals surface area contributed by atoms with Gasteiger partial charge in [0.15, 0.2) is 8.07 Å². The maximum atomic E-state index is 9.75. The number of rotatable bonds is 6. The molecule has 0 atom stereocenters. The van der Waals surface area contributed by atoms with Gasteiger partial charge in [-0.05, 0) is 0 Å². The van der Waals surface area contributed by atoms with Crippen molar-refractivity contribution in [3.05, 3.63) is 206 Å². The quantitative estimate of drug-likeness (QED) is 0.0723. The predicted molar refractivity (Wildman–Crippen MR) is 239 cm³/mol. The first-order chi connectivity index (χ1) is 28.8. The van der Waals surface area contributed by atoms with E-state index in [9.17, 15) is 17.3 Å². The molecule has 0 aromatic heterocycles. The Bertz CT molecular complexity index is 2020. The molecule has 311 valence electrons.